The van der Waals surface area contributed by atoms with Crippen LogP contribution in [-0.2, 0) is 16.1 Å². The summed E-state index contributed by atoms with van der Waals surface area (Å²) in [4.78, 5) is 20.9. The van der Waals surface area contributed by atoms with Crippen LogP contribution in [0.25, 0.3) is 11.4 Å². The van der Waals surface area contributed by atoms with Crippen LogP contribution in [0.15, 0.2) is 21.3 Å². The molecule has 2 aliphatic heterocycles. The minimum atomic E-state index is -0.222. The van der Waals surface area contributed by atoms with Crippen molar-refractivity contribution < 1.29 is 14.1 Å². The summed E-state index contributed by atoms with van der Waals surface area (Å²) in [5.74, 6) is 1.40. The lowest BCUT2D eigenvalue weighted by Crippen LogP contribution is -2.51. The number of rotatable bonds is 4. The number of piperazine rings is 1. The van der Waals surface area contributed by atoms with Gasteiger partial charge in [-0.3, -0.25) is 9.69 Å². The van der Waals surface area contributed by atoms with Crippen LogP contribution >= 0.6 is 11.3 Å². The molecule has 0 bridgehead atoms. The first-order valence-corrected chi connectivity index (χ1v) is 9.22. The molecule has 0 radical (unpaired) electrons. The van der Waals surface area contributed by atoms with Crippen molar-refractivity contribution in [1.29, 1.82) is 0 Å². The van der Waals surface area contributed by atoms with Crippen molar-refractivity contribution in [2.45, 2.75) is 25.5 Å². The molecule has 2 aromatic rings. The normalized spacial score (nSPS) is 22.2. The minimum Gasteiger partial charge on any atom is -0.368 e. The van der Waals surface area contributed by atoms with Crippen LogP contribution in [0.1, 0.15) is 18.7 Å². The molecular weight excluding hydrogens is 328 g/mol. The maximum Gasteiger partial charge on any atom is 0.251 e. The van der Waals surface area contributed by atoms with Crippen molar-refractivity contribution in [3.8, 4) is 11.4 Å². The number of aromatic nitrogens is 2. The summed E-state index contributed by atoms with van der Waals surface area (Å²) in [7, 11) is 0. The van der Waals surface area contributed by atoms with Crippen LogP contribution in [0.5, 0.6) is 0 Å². The molecule has 1 atom stereocenters. The lowest BCUT2D eigenvalue weighted by Gasteiger charge is -2.35. The molecule has 4 heterocycles. The molecule has 0 aliphatic carbocycles. The Labute approximate surface area is 144 Å². The topological polar surface area (TPSA) is 71.7 Å². The first-order valence-electron chi connectivity index (χ1n) is 8.27. The van der Waals surface area contributed by atoms with Crippen molar-refractivity contribution in [2.75, 3.05) is 32.8 Å². The standard InChI is InChI=1S/C16H20N4O3S/c21-16(13-2-1-8-22-13)20-6-4-19(5-7-20)10-14-17-15(18-23-14)12-3-9-24-11-12/h3,9,11,13H,1-2,4-8,10H2. The molecule has 0 spiro atoms. The summed E-state index contributed by atoms with van der Waals surface area (Å²) in [6.45, 7) is 4.41. The molecule has 1 amide bonds. The zero-order valence-corrected chi connectivity index (χ0v) is 14.2. The Hall–Kier alpha value is -1.77. The molecule has 2 fully saturated rings. The third kappa shape index (κ3) is 3.35. The third-order valence-electron chi connectivity index (χ3n) is 4.50. The second-order valence-electron chi connectivity index (χ2n) is 6.13. The Morgan fingerprint density at radius 1 is 1.33 bits per heavy atom. The minimum absolute atomic E-state index is 0.143. The van der Waals surface area contributed by atoms with Gasteiger partial charge in [0.05, 0.1) is 6.54 Å². The van der Waals surface area contributed by atoms with Crippen LogP contribution in [0.4, 0.5) is 0 Å². The van der Waals surface area contributed by atoms with E-state index in [1.165, 1.54) is 0 Å². The van der Waals surface area contributed by atoms with Crippen molar-refractivity contribution in [3.63, 3.8) is 0 Å². The van der Waals surface area contributed by atoms with E-state index in [4.69, 9.17) is 9.26 Å². The van der Waals surface area contributed by atoms with Gasteiger partial charge in [-0.2, -0.15) is 16.3 Å². The lowest BCUT2D eigenvalue weighted by atomic mass is 10.2. The number of thiophene rings is 1. The maximum absolute atomic E-state index is 12.3. The average molecular weight is 348 g/mol. The maximum atomic E-state index is 12.3. The zero-order valence-electron chi connectivity index (χ0n) is 13.4. The molecule has 7 nitrogen and oxygen atoms in total. The summed E-state index contributed by atoms with van der Waals surface area (Å²) in [6.07, 6.45) is 1.62. The fourth-order valence-corrected chi connectivity index (χ4v) is 3.76. The summed E-state index contributed by atoms with van der Waals surface area (Å²) in [6, 6.07) is 1.98. The van der Waals surface area contributed by atoms with E-state index in [-0.39, 0.29) is 12.0 Å². The molecule has 2 saturated heterocycles. The van der Waals surface area contributed by atoms with Crippen molar-refractivity contribution in [2.24, 2.45) is 0 Å². The molecule has 128 valence electrons. The third-order valence-corrected chi connectivity index (χ3v) is 5.18. The fourth-order valence-electron chi connectivity index (χ4n) is 3.12. The van der Waals surface area contributed by atoms with Gasteiger partial charge in [0.1, 0.15) is 6.10 Å². The Kier molecular flexibility index (Phi) is 4.59. The van der Waals surface area contributed by atoms with Gasteiger partial charge in [-0.15, -0.1) is 0 Å². The zero-order chi connectivity index (χ0) is 16.4. The number of ether oxygens (including phenoxy) is 1. The van der Waals surface area contributed by atoms with Crippen molar-refractivity contribution >= 4 is 17.2 Å². The Morgan fingerprint density at radius 2 is 2.21 bits per heavy atom. The molecule has 1 unspecified atom stereocenters. The number of nitrogens with zero attached hydrogens (tertiary/aromatic N) is 4. The molecule has 0 saturated carbocycles. The smallest absolute Gasteiger partial charge is 0.251 e. The van der Waals surface area contributed by atoms with Gasteiger partial charge in [-0.1, -0.05) is 5.16 Å². The van der Waals surface area contributed by atoms with Gasteiger partial charge in [0.2, 0.25) is 11.7 Å². The lowest BCUT2D eigenvalue weighted by molar-refractivity contribution is -0.142. The van der Waals surface area contributed by atoms with E-state index in [0.717, 1.165) is 44.6 Å². The van der Waals surface area contributed by atoms with Crippen LogP contribution < -0.4 is 0 Å². The molecule has 24 heavy (non-hydrogen) atoms. The monoisotopic (exact) mass is 348 g/mol. The fraction of sp³-hybridized carbons (Fsp3) is 0.562. The van der Waals surface area contributed by atoms with E-state index in [0.29, 0.717) is 24.9 Å². The molecule has 2 aromatic heterocycles. The highest BCUT2D eigenvalue weighted by Crippen LogP contribution is 2.20. The quantitative estimate of drug-likeness (QED) is 0.836. The van der Waals surface area contributed by atoms with Gasteiger partial charge in [-0.25, -0.2) is 0 Å². The SMILES string of the molecule is O=C(C1CCCO1)N1CCN(Cc2nc(-c3ccsc3)no2)CC1. The van der Waals surface area contributed by atoms with E-state index >= 15 is 0 Å². The highest BCUT2D eigenvalue weighted by atomic mass is 32.1. The first-order chi connectivity index (χ1) is 11.8. The van der Waals surface area contributed by atoms with E-state index in [9.17, 15) is 4.79 Å². The Balaban J connectivity index is 1.29. The second kappa shape index (κ2) is 7.00. The predicted octanol–water partition coefficient (Wildman–Crippen LogP) is 1.62. The van der Waals surface area contributed by atoms with Crippen LogP contribution in [-0.4, -0.2) is 64.7 Å². The molecule has 8 heteroatoms. The molecule has 0 aromatic carbocycles. The Bertz CT molecular complexity index is 673. The molecule has 0 N–H and O–H groups in total. The van der Waals surface area contributed by atoms with Crippen LogP contribution in [0.2, 0.25) is 0 Å². The largest absolute Gasteiger partial charge is 0.368 e. The van der Waals surface area contributed by atoms with E-state index < -0.39 is 0 Å². The summed E-state index contributed by atoms with van der Waals surface area (Å²) < 4.78 is 10.8. The average Bonchev–Trinajstić information content (AvgIpc) is 3.36. The summed E-state index contributed by atoms with van der Waals surface area (Å²) in [5.41, 5.74) is 0.988. The summed E-state index contributed by atoms with van der Waals surface area (Å²) >= 11 is 1.61. The molecular formula is C16H20N4O3S. The number of carbonyl (C=O) groups excluding carboxylic acids is 1. The Morgan fingerprint density at radius 3 is 2.92 bits per heavy atom. The van der Waals surface area contributed by atoms with Gasteiger partial charge in [0.25, 0.3) is 5.91 Å². The van der Waals surface area contributed by atoms with Gasteiger partial charge in [0, 0.05) is 43.7 Å². The van der Waals surface area contributed by atoms with Gasteiger partial charge >= 0.3 is 0 Å². The van der Waals surface area contributed by atoms with Crippen molar-refractivity contribution in [3.05, 3.63) is 22.7 Å². The van der Waals surface area contributed by atoms with Crippen LogP contribution in [0.3, 0.4) is 0 Å². The van der Waals surface area contributed by atoms with E-state index in [2.05, 4.69) is 15.0 Å². The van der Waals surface area contributed by atoms with Gasteiger partial charge in [-0.05, 0) is 24.3 Å². The highest BCUT2D eigenvalue weighted by molar-refractivity contribution is 7.08. The van der Waals surface area contributed by atoms with Crippen molar-refractivity contribution in [1.82, 2.24) is 19.9 Å². The van der Waals surface area contributed by atoms with E-state index in [1.807, 2.05) is 21.7 Å². The van der Waals surface area contributed by atoms with Gasteiger partial charge < -0.3 is 14.2 Å². The number of hydrogen-bond donors (Lipinski definition) is 0. The summed E-state index contributed by atoms with van der Waals surface area (Å²) in [5, 5.41) is 8.03. The molecule has 2 aliphatic rings. The number of carbonyl (C=O) groups is 1. The second-order valence-corrected chi connectivity index (χ2v) is 6.91. The van der Waals surface area contributed by atoms with Gasteiger partial charge in [0.15, 0.2) is 0 Å². The molecule has 4 rings (SSSR count). The van der Waals surface area contributed by atoms with E-state index in [1.54, 1.807) is 11.3 Å². The number of hydrogen-bond acceptors (Lipinski definition) is 7. The highest BCUT2D eigenvalue weighted by Gasteiger charge is 2.30. The van der Waals surface area contributed by atoms with Crippen LogP contribution in [0, 0.1) is 0 Å². The predicted molar refractivity (Wildman–Crippen MR) is 88.4 cm³/mol. The number of amides is 1. The first kappa shape index (κ1) is 15.7.